The van der Waals surface area contributed by atoms with E-state index in [1.807, 2.05) is 6.07 Å². The largest absolute Gasteiger partial charge is 0.380 e. The van der Waals surface area contributed by atoms with Crippen LogP contribution in [0.1, 0.15) is 51.7 Å². The van der Waals surface area contributed by atoms with Crippen molar-refractivity contribution in [2.24, 2.45) is 16.3 Å². The molecule has 0 spiro atoms. The highest BCUT2D eigenvalue weighted by Crippen LogP contribution is 2.33. The number of ether oxygens (including phenoxy) is 2. The number of methoxy groups -OCH3 is 1. The van der Waals surface area contributed by atoms with Crippen LogP contribution in [0.5, 0.6) is 0 Å². The first-order valence-corrected chi connectivity index (χ1v) is 10.1. The number of hydrogen-bond donors (Lipinski definition) is 2. The molecule has 1 aliphatic rings. The molecule has 1 heterocycles. The van der Waals surface area contributed by atoms with Crippen molar-refractivity contribution >= 4 is 29.9 Å². The Hall–Kier alpha value is -0.860. The van der Waals surface area contributed by atoms with E-state index in [0.29, 0.717) is 19.1 Å². The summed E-state index contributed by atoms with van der Waals surface area (Å²) in [6, 6.07) is 8.31. The standard InChI is InChI=1S/C22H37N3O2.HI/c1-6-23-21(24-14-17-10-7-8-11-19(17)16-26-5)25-15-18-12-9-13-27-20(18)22(2,3)4;/h7-8,10-11,18,20H,6,9,12-16H2,1-5H3,(H2,23,24,25);1H. The molecule has 2 atom stereocenters. The normalized spacial score (nSPS) is 20.4. The summed E-state index contributed by atoms with van der Waals surface area (Å²) in [4.78, 5) is 4.80. The average molecular weight is 503 g/mol. The van der Waals surface area contributed by atoms with Gasteiger partial charge in [0, 0.05) is 32.7 Å². The van der Waals surface area contributed by atoms with Crippen LogP contribution in [-0.2, 0) is 22.6 Å². The van der Waals surface area contributed by atoms with Crippen LogP contribution in [0.3, 0.4) is 0 Å². The SMILES string of the molecule is CCNC(=NCc1ccccc1COC)NCC1CCCOC1C(C)(C)C.I. The van der Waals surface area contributed by atoms with Crippen LogP contribution in [-0.4, -0.2) is 38.9 Å². The Bertz CT molecular complexity index is 602. The second-order valence-electron chi connectivity index (χ2n) is 8.34. The maximum Gasteiger partial charge on any atom is 0.191 e. The first-order chi connectivity index (χ1) is 13.0. The fourth-order valence-corrected chi connectivity index (χ4v) is 3.75. The van der Waals surface area contributed by atoms with Crippen LogP contribution in [0.15, 0.2) is 29.3 Å². The van der Waals surface area contributed by atoms with E-state index in [9.17, 15) is 0 Å². The molecule has 0 aliphatic carbocycles. The van der Waals surface area contributed by atoms with Gasteiger partial charge in [-0.15, -0.1) is 24.0 Å². The molecule has 1 aromatic carbocycles. The van der Waals surface area contributed by atoms with Crippen molar-refractivity contribution in [1.82, 2.24) is 10.6 Å². The van der Waals surface area contributed by atoms with E-state index in [1.165, 1.54) is 17.5 Å². The van der Waals surface area contributed by atoms with Crippen molar-refractivity contribution in [2.75, 3.05) is 26.8 Å². The fraction of sp³-hybridized carbons (Fsp3) is 0.682. The monoisotopic (exact) mass is 503 g/mol. The van der Waals surface area contributed by atoms with Crippen LogP contribution >= 0.6 is 24.0 Å². The van der Waals surface area contributed by atoms with Crippen molar-refractivity contribution in [2.45, 2.75) is 59.8 Å². The van der Waals surface area contributed by atoms with E-state index in [0.717, 1.165) is 32.1 Å². The summed E-state index contributed by atoms with van der Waals surface area (Å²) >= 11 is 0. The van der Waals surface area contributed by atoms with Crippen molar-refractivity contribution in [1.29, 1.82) is 0 Å². The summed E-state index contributed by atoms with van der Waals surface area (Å²) in [5, 5.41) is 6.91. The zero-order chi connectivity index (χ0) is 19.7. The molecular formula is C22H38IN3O2. The van der Waals surface area contributed by atoms with Gasteiger partial charge in [0.05, 0.1) is 19.3 Å². The average Bonchev–Trinajstić information content (AvgIpc) is 2.65. The van der Waals surface area contributed by atoms with Crippen molar-refractivity contribution in [3.8, 4) is 0 Å². The van der Waals surface area contributed by atoms with Gasteiger partial charge in [0.25, 0.3) is 0 Å². The molecule has 160 valence electrons. The second kappa shape index (κ2) is 12.6. The van der Waals surface area contributed by atoms with E-state index in [1.54, 1.807) is 7.11 Å². The maximum absolute atomic E-state index is 6.11. The molecule has 0 amide bonds. The highest BCUT2D eigenvalue weighted by atomic mass is 127. The van der Waals surface area contributed by atoms with Crippen LogP contribution in [0, 0.1) is 11.3 Å². The third-order valence-electron chi connectivity index (χ3n) is 5.00. The zero-order valence-electron chi connectivity index (χ0n) is 18.1. The molecule has 1 fully saturated rings. The highest BCUT2D eigenvalue weighted by molar-refractivity contribution is 14.0. The Kier molecular flexibility index (Phi) is 11.4. The second-order valence-corrected chi connectivity index (χ2v) is 8.34. The number of hydrogen-bond acceptors (Lipinski definition) is 3. The van der Waals surface area contributed by atoms with Crippen molar-refractivity contribution in [3.05, 3.63) is 35.4 Å². The van der Waals surface area contributed by atoms with Crippen LogP contribution in [0.25, 0.3) is 0 Å². The Morgan fingerprint density at radius 1 is 1.21 bits per heavy atom. The summed E-state index contributed by atoms with van der Waals surface area (Å²) in [5.74, 6) is 1.37. The van der Waals surface area contributed by atoms with Gasteiger partial charge in [-0.1, -0.05) is 45.0 Å². The highest BCUT2D eigenvalue weighted by Gasteiger charge is 2.35. The van der Waals surface area contributed by atoms with Gasteiger partial charge < -0.3 is 20.1 Å². The molecule has 0 saturated carbocycles. The molecule has 0 bridgehead atoms. The summed E-state index contributed by atoms with van der Waals surface area (Å²) < 4.78 is 11.4. The Labute approximate surface area is 188 Å². The predicted molar refractivity (Wildman–Crippen MR) is 127 cm³/mol. The van der Waals surface area contributed by atoms with Gasteiger partial charge in [-0.3, -0.25) is 0 Å². The molecule has 0 radical (unpaired) electrons. The van der Waals surface area contributed by atoms with E-state index in [-0.39, 0.29) is 35.5 Å². The molecular weight excluding hydrogens is 465 g/mol. The van der Waals surface area contributed by atoms with Gasteiger partial charge in [-0.25, -0.2) is 4.99 Å². The predicted octanol–water partition coefficient (Wildman–Crippen LogP) is 4.35. The molecule has 2 unspecified atom stereocenters. The minimum Gasteiger partial charge on any atom is -0.380 e. The topological polar surface area (TPSA) is 54.9 Å². The first-order valence-electron chi connectivity index (χ1n) is 10.1. The molecule has 5 nitrogen and oxygen atoms in total. The van der Waals surface area contributed by atoms with Gasteiger partial charge in [0.1, 0.15) is 0 Å². The number of nitrogens with one attached hydrogen (secondary N) is 2. The molecule has 6 heteroatoms. The Balaban J connectivity index is 0.00000392. The van der Waals surface area contributed by atoms with Gasteiger partial charge in [0.2, 0.25) is 0 Å². The molecule has 1 saturated heterocycles. The van der Waals surface area contributed by atoms with Gasteiger partial charge >= 0.3 is 0 Å². The molecule has 1 aliphatic heterocycles. The molecule has 0 aromatic heterocycles. The number of nitrogens with zero attached hydrogens (tertiary/aromatic N) is 1. The molecule has 1 aromatic rings. The van der Waals surface area contributed by atoms with Crippen LogP contribution in [0.4, 0.5) is 0 Å². The third kappa shape index (κ3) is 7.87. The third-order valence-corrected chi connectivity index (χ3v) is 5.00. The lowest BCUT2D eigenvalue weighted by atomic mass is 9.78. The quantitative estimate of drug-likeness (QED) is 0.330. The first kappa shape index (κ1) is 25.2. The summed E-state index contributed by atoms with van der Waals surface area (Å²) in [6.07, 6.45) is 2.62. The molecule has 2 rings (SSSR count). The fourth-order valence-electron chi connectivity index (χ4n) is 3.75. The molecule has 28 heavy (non-hydrogen) atoms. The van der Waals surface area contributed by atoms with Gasteiger partial charge in [-0.2, -0.15) is 0 Å². The number of halogens is 1. The summed E-state index contributed by atoms with van der Waals surface area (Å²) in [7, 11) is 1.73. The maximum atomic E-state index is 6.11. The summed E-state index contributed by atoms with van der Waals surface area (Å²) in [6.45, 7) is 12.7. The van der Waals surface area contributed by atoms with Crippen molar-refractivity contribution in [3.63, 3.8) is 0 Å². The Morgan fingerprint density at radius 2 is 1.93 bits per heavy atom. The lowest BCUT2D eigenvalue weighted by Crippen LogP contribution is -2.47. The lowest BCUT2D eigenvalue weighted by Gasteiger charge is -2.40. The smallest absolute Gasteiger partial charge is 0.191 e. The minimum absolute atomic E-state index is 0. The van der Waals surface area contributed by atoms with Crippen LogP contribution in [0.2, 0.25) is 0 Å². The summed E-state index contributed by atoms with van der Waals surface area (Å²) in [5.41, 5.74) is 2.54. The number of guanidine groups is 1. The van der Waals surface area contributed by atoms with E-state index < -0.39 is 0 Å². The van der Waals surface area contributed by atoms with Gasteiger partial charge in [0.15, 0.2) is 5.96 Å². The van der Waals surface area contributed by atoms with E-state index in [2.05, 4.69) is 56.5 Å². The van der Waals surface area contributed by atoms with Crippen molar-refractivity contribution < 1.29 is 9.47 Å². The number of aliphatic imine (C=N–C) groups is 1. The molecule has 2 N–H and O–H groups in total. The minimum atomic E-state index is 0. The van der Waals surface area contributed by atoms with E-state index in [4.69, 9.17) is 14.5 Å². The zero-order valence-corrected chi connectivity index (χ0v) is 20.4. The number of rotatable bonds is 7. The van der Waals surface area contributed by atoms with Crippen LogP contribution < -0.4 is 10.6 Å². The van der Waals surface area contributed by atoms with E-state index >= 15 is 0 Å². The number of benzene rings is 1. The Morgan fingerprint density at radius 3 is 2.57 bits per heavy atom. The lowest BCUT2D eigenvalue weighted by molar-refractivity contribution is -0.0835. The van der Waals surface area contributed by atoms with Gasteiger partial charge in [-0.05, 0) is 36.3 Å².